The molecule has 1 N–H and O–H groups in total. The van der Waals surface area contributed by atoms with Crippen molar-refractivity contribution in [3.05, 3.63) is 60.2 Å². The largest absolute Gasteiger partial charge is 0.482 e. The molecule has 5 heteroatoms. The molecule has 2 rings (SSSR count). The van der Waals surface area contributed by atoms with E-state index in [4.69, 9.17) is 9.47 Å². The number of hydrogen-bond donors (Lipinski definition) is 1. The van der Waals surface area contributed by atoms with Gasteiger partial charge in [-0.25, -0.2) is 4.79 Å². The molecule has 0 radical (unpaired) electrons. The Kier molecular flexibility index (Phi) is 6.37. The van der Waals surface area contributed by atoms with Crippen LogP contribution in [-0.2, 0) is 14.3 Å². The maximum absolute atomic E-state index is 11.7. The highest BCUT2D eigenvalue weighted by molar-refractivity contribution is 5.92. The molecule has 24 heavy (non-hydrogen) atoms. The van der Waals surface area contributed by atoms with Gasteiger partial charge in [0.25, 0.3) is 5.91 Å². The molecule has 126 valence electrons. The monoisotopic (exact) mass is 327 g/mol. The summed E-state index contributed by atoms with van der Waals surface area (Å²) < 4.78 is 10.4. The summed E-state index contributed by atoms with van der Waals surface area (Å²) in [6.07, 6.45) is 0. The van der Waals surface area contributed by atoms with Crippen LogP contribution in [0.1, 0.15) is 25.3 Å². The fraction of sp³-hybridized carbons (Fsp3) is 0.263. The van der Waals surface area contributed by atoms with Gasteiger partial charge in [-0.15, -0.1) is 0 Å². The smallest absolute Gasteiger partial charge is 0.344 e. The third-order valence-electron chi connectivity index (χ3n) is 3.31. The van der Waals surface area contributed by atoms with Gasteiger partial charge in [0.2, 0.25) is 0 Å². The van der Waals surface area contributed by atoms with Gasteiger partial charge < -0.3 is 14.8 Å². The maximum atomic E-state index is 11.7. The average molecular weight is 327 g/mol. The molecule has 0 aliphatic heterocycles. The molecule has 0 saturated carbocycles. The molecule has 0 spiro atoms. The highest BCUT2D eigenvalue weighted by atomic mass is 16.6. The molecule has 0 unspecified atom stereocenters. The van der Waals surface area contributed by atoms with Gasteiger partial charge in [0.15, 0.2) is 13.2 Å². The van der Waals surface area contributed by atoms with Crippen LogP contribution in [0.25, 0.3) is 0 Å². The van der Waals surface area contributed by atoms with E-state index in [1.807, 2.05) is 42.5 Å². The number of esters is 1. The summed E-state index contributed by atoms with van der Waals surface area (Å²) in [5.41, 5.74) is 1.67. The van der Waals surface area contributed by atoms with Crippen LogP contribution >= 0.6 is 0 Å². The van der Waals surface area contributed by atoms with Gasteiger partial charge in [-0.2, -0.15) is 0 Å². The molecule has 0 heterocycles. The summed E-state index contributed by atoms with van der Waals surface area (Å²) >= 11 is 0. The lowest BCUT2D eigenvalue weighted by molar-refractivity contribution is -0.149. The van der Waals surface area contributed by atoms with E-state index in [1.54, 1.807) is 12.1 Å². The average Bonchev–Trinajstić information content (AvgIpc) is 2.59. The number of anilines is 1. The first-order valence-electron chi connectivity index (χ1n) is 7.78. The molecule has 0 aromatic heterocycles. The summed E-state index contributed by atoms with van der Waals surface area (Å²) in [6, 6.07) is 16.5. The fourth-order valence-corrected chi connectivity index (χ4v) is 2.13. The number of carbonyl (C=O) groups is 2. The molecule has 0 fully saturated rings. The molecule has 0 atom stereocenters. The number of hydrogen-bond acceptors (Lipinski definition) is 4. The number of rotatable bonds is 7. The number of carbonyl (C=O) groups excluding carboxylic acids is 2. The van der Waals surface area contributed by atoms with Crippen LogP contribution in [-0.4, -0.2) is 25.1 Å². The third kappa shape index (κ3) is 5.43. The van der Waals surface area contributed by atoms with Gasteiger partial charge in [0, 0.05) is 5.69 Å². The van der Waals surface area contributed by atoms with E-state index in [1.165, 1.54) is 0 Å². The number of para-hydroxylation sites is 2. The number of ether oxygens (including phenoxy) is 2. The van der Waals surface area contributed by atoms with Crippen LogP contribution < -0.4 is 10.1 Å². The van der Waals surface area contributed by atoms with Crippen molar-refractivity contribution in [2.24, 2.45) is 0 Å². The minimum Gasteiger partial charge on any atom is -0.482 e. The van der Waals surface area contributed by atoms with Gasteiger partial charge in [-0.1, -0.05) is 50.2 Å². The Labute approximate surface area is 141 Å². The van der Waals surface area contributed by atoms with Crippen LogP contribution in [0.15, 0.2) is 54.6 Å². The second-order valence-electron chi connectivity index (χ2n) is 5.56. The van der Waals surface area contributed by atoms with Gasteiger partial charge in [-0.3, -0.25) is 4.79 Å². The molecule has 1 amide bonds. The SMILES string of the molecule is CC(C)c1ccccc1OCC(=O)OCC(=O)Nc1ccccc1. The number of nitrogens with one attached hydrogen (secondary N) is 1. The topological polar surface area (TPSA) is 64.6 Å². The van der Waals surface area contributed by atoms with E-state index in [0.29, 0.717) is 11.4 Å². The Morgan fingerprint density at radius 1 is 0.958 bits per heavy atom. The van der Waals surface area contributed by atoms with Crippen LogP contribution in [0, 0.1) is 0 Å². The van der Waals surface area contributed by atoms with Crippen molar-refractivity contribution in [1.29, 1.82) is 0 Å². The van der Waals surface area contributed by atoms with Crippen molar-refractivity contribution in [3.8, 4) is 5.75 Å². The van der Waals surface area contributed by atoms with E-state index < -0.39 is 11.9 Å². The molecular formula is C19H21NO4. The lowest BCUT2D eigenvalue weighted by atomic mass is 10.0. The lowest BCUT2D eigenvalue weighted by Gasteiger charge is -2.13. The molecule has 2 aromatic rings. The first-order valence-corrected chi connectivity index (χ1v) is 7.78. The Balaban J connectivity index is 1.77. The molecule has 0 aliphatic rings. The second kappa shape index (κ2) is 8.72. The standard InChI is InChI=1S/C19H21NO4/c1-14(2)16-10-6-7-11-17(16)23-13-19(22)24-12-18(21)20-15-8-4-3-5-9-15/h3-11,14H,12-13H2,1-2H3,(H,20,21). The Bertz CT molecular complexity index is 683. The minimum atomic E-state index is -0.586. The van der Waals surface area contributed by atoms with Crippen molar-refractivity contribution in [2.45, 2.75) is 19.8 Å². The molecule has 5 nitrogen and oxygen atoms in total. The van der Waals surface area contributed by atoms with E-state index in [9.17, 15) is 9.59 Å². The van der Waals surface area contributed by atoms with Gasteiger partial charge >= 0.3 is 5.97 Å². The Morgan fingerprint density at radius 2 is 1.62 bits per heavy atom. The van der Waals surface area contributed by atoms with Crippen LogP contribution in [0.3, 0.4) is 0 Å². The van der Waals surface area contributed by atoms with Crippen molar-refractivity contribution >= 4 is 17.6 Å². The van der Waals surface area contributed by atoms with Crippen LogP contribution in [0.4, 0.5) is 5.69 Å². The molecule has 0 saturated heterocycles. The first-order chi connectivity index (χ1) is 11.6. The zero-order chi connectivity index (χ0) is 17.4. The van der Waals surface area contributed by atoms with E-state index in [0.717, 1.165) is 5.56 Å². The number of benzene rings is 2. The minimum absolute atomic E-state index is 0.234. The van der Waals surface area contributed by atoms with Crippen molar-refractivity contribution < 1.29 is 19.1 Å². The third-order valence-corrected chi connectivity index (χ3v) is 3.31. The zero-order valence-corrected chi connectivity index (χ0v) is 13.8. The summed E-state index contributed by atoms with van der Waals surface area (Å²) in [5.74, 6) is -0.0408. The Hall–Kier alpha value is -2.82. The van der Waals surface area contributed by atoms with Crippen LogP contribution in [0.5, 0.6) is 5.75 Å². The summed E-state index contributed by atoms with van der Waals surface area (Å²) in [7, 11) is 0. The zero-order valence-electron chi connectivity index (χ0n) is 13.8. The molecule has 2 aromatic carbocycles. The molecule has 0 aliphatic carbocycles. The summed E-state index contributed by atoms with van der Waals surface area (Å²) in [5, 5.41) is 2.64. The quantitative estimate of drug-likeness (QED) is 0.792. The van der Waals surface area contributed by atoms with Gasteiger partial charge in [0.1, 0.15) is 5.75 Å². The highest BCUT2D eigenvalue weighted by Gasteiger charge is 2.11. The number of amides is 1. The summed E-state index contributed by atoms with van der Waals surface area (Å²) in [4.78, 5) is 23.4. The predicted octanol–water partition coefficient (Wildman–Crippen LogP) is 3.37. The van der Waals surface area contributed by atoms with E-state index >= 15 is 0 Å². The molecule has 0 bridgehead atoms. The second-order valence-corrected chi connectivity index (χ2v) is 5.56. The van der Waals surface area contributed by atoms with Crippen molar-refractivity contribution in [2.75, 3.05) is 18.5 Å². The normalized spacial score (nSPS) is 10.3. The van der Waals surface area contributed by atoms with Crippen LogP contribution in [0.2, 0.25) is 0 Å². The van der Waals surface area contributed by atoms with E-state index in [-0.39, 0.29) is 19.1 Å². The van der Waals surface area contributed by atoms with Gasteiger partial charge in [-0.05, 0) is 29.7 Å². The van der Waals surface area contributed by atoms with Crippen molar-refractivity contribution in [3.63, 3.8) is 0 Å². The highest BCUT2D eigenvalue weighted by Crippen LogP contribution is 2.25. The lowest BCUT2D eigenvalue weighted by Crippen LogP contribution is -2.23. The predicted molar refractivity (Wildman–Crippen MR) is 92.1 cm³/mol. The van der Waals surface area contributed by atoms with Gasteiger partial charge in [0.05, 0.1) is 0 Å². The first kappa shape index (κ1) is 17.5. The van der Waals surface area contributed by atoms with E-state index in [2.05, 4.69) is 19.2 Å². The Morgan fingerprint density at radius 3 is 2.33 bits per heavy atom. The maximum Gasteiger partial charge on any atom is 0.344 e. The fourth-order valence-electron chi connectivity index (χ4n) is 2.13. The molecular weight excluding hydrogens is 306 g/mol. The van der Waals surface area contributed by atoms with Crippen molar-refractivity contribution in [1.82, 2.24) is 0 Å². The summed E-state index contributed by atoms with van der Waals surface area (Å²) in [6.45, 7) is 3.52.